The molecule has 3 nitrogen and oxygen atoms in total. The van der Waals surface area contributed by atoms with E-state index in [1.165, 1.54) is 36.6 Å². The average Bonchev–Trinajstić information content (AvgIpc) is 2.43. The molecule has 0 aromatic heterocycles. The van der Waals surface area contributed by atoms with Crippen molar-refractivity contribution in [3.63, 3.8) is 0 Å². The van der Waals surface area contributed by atoms with E-state index < -0.39 is 0 Å². The lowest BCUT2D eigenvalue weighted by atomic mass is 9.86. The molecule has 1 saturated heterocycles. The normalized spacial score (nSPS) is 30.3. The van der Waals surface area contributed by atoms with Gasteiger partial charge in [-0.05, 0) is 31.8 Å². The van der Waals surface area contributed by atoms with E-state index in [2.05, 4.69) is 24.1 Å². The molecular weight excluding hydrogens is 242 g/mol. The minimum absolute atomic E-state index is 0.715. The molecule has 0 amide bonds. The van der Waals surface area contributed by atoms with E-state index in [0.29, 0.717) is 6.04 Å². The van der Waals surface area contributed by atoms with E-state index in [4.69, 9.17) is 4.99 Å². The fraction of sp³-hybridized carbons (Fsp3) is 0.929. The Kier molecular flexibility index (Phi) is 5.83. The lowest BCUT2D eigenvalue weighted by molar-refractivity contribution is 0.307. The lowest BCUT2D eigenvalue weighted by Crippen LogP contribution is -2.46. The van der Waals surface area contributed by atoms with Crippen LogP contribution in [0.3, 0.4) is 0 Å². The Balaban J connectivity index is 1.76. The second kappa shape index (κ2) is 7.39. The highest BCUT2D eigenvalue weighted by Gasteiger charge is 2.29. The van der Waals surface area contributed by atoms with Gasteiger partial charge in [-0.15, -0.1) is 0 Å². The van der Waals surface area contributed by atoms with Crippen LogP contribution in [0.25, 0.3) is 0 Å². The first-order valence-electron chi connectivity index (χ1n) is 7.49. The van der Waals surface area contributed by atoms with Crippen LogP contribution in [0.1, 0.15) is 39.5 Å². The Morgan fingerprint density at radius 1 is 1.28 bits per heavy atom. The molecule has 1 saturated carbocycles. The highest BCUT2D eigenvalue weighted by Crippen LogP contribution is 2.31. The molecule has 0 bridgehead atoms. The number of rotatable bonds is 5. The van der Waals surface area contributed by atoms with Crippen LogP contribution in [0, 0.1) is 5.92 Å². The highest BCUT2D eigenvalue weighted by molar-refractivity contribution is 8.13. The molecule has 1 heterocycles. The molecule has 1 aliphatic carbocycles. The fourth-order valence-corrected chi connectivity index (χ4v) is 4.10. The number of hydrogen-bond acceptors (Lipinski definition) is 3. The predicted molar refractivity (Wildman–Crippen MR) is 81.4 cm³/mol. The summed E-state index contributed by atoms with van der Waals surface area (Å²) in [6, 6.07) is 0.715. The number of hydrogen-bond donors (Lipinski definition) is 1. The van der Waals surface area contributed by atoms with Crippen LogP contribution in [0.15, 0.2) is 4.99 Å². The minimum Gasteiger partial charge on any atom is -0.362 e. The van der Waals surface area contributed by atoms with E-state index in [9.17, 15) is 0 Å². The van der Waals surface area contributed by atoms with Crippen LogP contribution >= 0.6 is 11.8 Å². The first-order chi connectivity index (χ1) is 8.83. The zero-order chi connectivity index (χ0) is 12.8. The smallest absolute Gasteiger partial charge is 0.156 e. The summed E-state index contributed by atoms with van der Waals surface area (Å²) in [7, 11) is 0. The molecule has 0 aromatic rings. The third kappa shape index (κ3) is 3.89. The average molecular weight is 269 g/mol. The standard InChI is InChI=1S/C14H27N3S/c1-3-17(4-2)10-9-15-14-16-13-8-6-5-7-12(13)11-18-14/h12-13H,3-11H2,1-2H3,(H,15,16). The molecule has 1 N–H and O–H groups in total. The molecule has 4 heteroatoms. The predicted octanol–water partition coefficient (Wildman–Crippen LogP) is 2.58. The van der Waals surface area contributed by atoms with Crippen LogP contribution in [0.4, 0.5) is 0 Å². The molecule has 2 fully saturated rings. The maximum absolute atomic E-state index is 4.74. The summed E-state index contributed by atoms with van der Waals surface area (Å²) in [5, 5.41) is 4.86. The van der Waals surface area contributed by atoms with E-state index in [1.807, 2.05) is 11.8 Å². The number of thioether (sulfide) groups is 1. The van der Waals surface area contributed by atoms with Gasteiger partial charge >= 0.3 is 0 Å². The number of nitrogens with zero attached hydrogens (tertiary/aromatic N) is 2. The van der Waals surface area contributed by atoms with Crippen LogP contribution in [-0.2, 0) is 0 Å². The van der Waals surface area contributed by atoms with Gasteiger partial charge in [0.15, 0.2) is 5.17 Å². The van der Waals surface area contributed by atoms with E-state index in [-0.39, 0.29) is 0 Å². The van der Waals surface area contributed by atoms with E-state index in [0.717, 1.165) is 32.1 Å². The number of likely N-dealkylation sites (N-methyl/N-ethyl adjacent to an activating group) is 1. The second-order valence-corrected chi connectivity index (χ2v) is 6.33. The number of aliphatic imine (C=N–C) groups is 1. The zero-order valence-electron chi connectivity index (χ0n) is 11.8. The monoisotopic (exact) mass is 269 g/mol. The Morgan fingerprint density at radius 2 is 2.06 bits per heavy atom. The SMILES string of the molecule is CCN(CC)CCN=C1NC2CCCCC2CS1. The highest BCUT2D eigenvalue weighted by atomic mass is 32.2. The third-order valence-corrected chi connectivity index (χ3v) is 5.33. The molecule has 0 spiro atoms. The third-order valence-electron chi connectivity index (χ3n) is 4.22. The molecule has 2 rings (SSSR count). The largest absolute Gasteiger partial charge is 0.362 e. The minimum atomic E-state index is 0.715. The van der Waals surface area contributed by atoms with Crippen LogP contribution in [0.5, 0.6) is 0 Å². The van der Waals surface area contributed by atoms with Crippen molar-refractivity contribution in [2.24, 2.45) is 10.9 Å². The van der Waals surface area contributed by atoms with Gasteiger partial charge in [0.05, 0.1) is 6.54 Å². The van der Waals surface area contributed by atoms with Crippen molar-refractivity contribution < 1.29 is 0 Å². The Morgan fingerprint density at radius 3 is 2.83 bits per heavy atom. The molecule has 18 heavy (non-hydrogen) atoms. The van der Waals surface area contributed by atoms with Gasteiger partial charge in [0.2, 0.25) is 0 Å². The van der Waals surface area contributed by atoms with Gasteiger partial charge in [0.1, 0.15) is 0 Å². The van der Waals surface area contributed by atoms with Gasteiger partial charge in [-0.25, -0.2) is 0 Å². The van der Waals surface area contributed by atoms with Crippen molar-refractivity contribution in [1.29, 1.82) is 0 Å². The Labute approximate surface area is 116 Å². The van der Waals surface area contributed by atoms with Gasteiger partial charge < -0.3 is 10.2 Å². The van der Waals surface area contributed by atoms with E-state index in [1.54, 1.807) is 0 Å². The van der Waals surface area contributed by atoms with Gasteiger partial charge in [-0.3, -0.25) is 4.99 Å². The number of fused-ring (bicyclic) bond motifs is 1. The van der Waals surface area contributed by atoms with Gasteiger partial charge in [-0.1, -0.05) is 38.5 Å². The van der Waals surface area contributed by atoms with E-state index >= 15 is 0 Å². The summed E-state index contributed by atoms with van der Waals surface area (Å²) in [6.45, 7) is 8.73. The van der Waals surface area contributed by atoms with Crippen molar-refractivity contribution in [1.82, 2.24) is 10.2 Å². The maximum Gasteiger partial charge on any atom is 0.156 e. The molecular formula is C14H27N3S. The van der Waals surface area contributed by atoms with Crippen molar-refractivity contribution in [3.05, 3.63) is 0 Å². The maximum atomic E-state index is 4.74. The van der Waals surface area contributed by atoms with Crippen LogP contribution < -0.4 is 5.32 Å². The lowest BCUT2D eigenvalue weighted by Gasteiger charge is -2.36. The number of amidine groups is 1. The summed E-state index contributed by atoms with van der Waals surface area (Å²) < 4.78 is 0. The molecule has 2 unspecified atom stereocenters. The fourth-order valence-electron chi connectivity index (χ4n) is 2.91. The number of nitrogens with one attached hydrogen (secondary N) is 1. The van der Waals surface area contributed by atoms with Crippen molar-refractivity contribution >= 4 is 16.9 Å². The molecule has 1 aliphatic heterocycles. The summed E-state index contributed by atoms with van der Waals surface area (Å²) in [5.74, 6) is 2.17. The molecule has 2 aliphatic rings. The van der Waals surface area contributed by atoms with Crippen LogP contribution in [0.2, 0.25) is 0 Å². The van der Waals surface area contributed by atoms with Crippen molar-refractivity contribution in [2.45, 2.75) is 45.6 Å². The molecule has 0 radical (unpaired) electrons. The Bertz CT molecular complexity index is 276. The van der Waals surface area contributed by atoms with Gasteiger partial charge in [0.25, 0.3) is 0 Å². The topological polar surface area (TPSA) is 27.6 Å². The quantitative estimate of drug-likeness (QED) is 0.831. The first-order valence-corrected chi connectivity index (χ1v) is 8.48. The van der Waals surface area contributed by atoms with Crippen molar-refractivity contribution in [2.75, 3.05) is 31.9 Å². The van der Waals surface area contributed by atoms with Gasteiger partial charge in [0, 0.05) is 18.3 Å². The summed E-state index contributed by atoms with van der Waals surface area (Å²) >= 11 is 1.94. The summed E-state index contributed by atoms with van der Waals surface area (Å²) in [5.41, 5.74) is 0. The summed E-state index contributed by atoms with van der Waals surface area (Å²) in [6.07, 6.45) is 5.58. The van der Waals surface area contributed by atoms with Gasteiger partial charge in [-0.2, -0.15) is 0 Å². The molecule has 0 aromatic carbocycles. The molecule has 2 atom stereocenters. The zero-order valence-corrected chi connectivity index (χ0v) is 12.6. The first kappa shape index (κ1) is 14.2. The second-order valence-electron chi connectivity index (χ2n) is 5.32. The molecule has 104 valence electrons. The van der Waals surface area contributed by atoms with Crippen molar-refractivity contribution in [3.8, 4) is 0 Å². The van der Waals surface area contributed by atoms with Crippen LogP contribution in [-0.4, -0.2) is 48.0 Å². The summed E-state index contributed by atoms with van der Waals surface area (Å²) in [4.78, 5) is 7.17. The Hall–Kier alpha value is -0.220.